The molecule has 0 bridgehead atoms. The van der Waals surface area contributed by atoms with Gasteiger partial charge in [0.25, 0.3) is 5.56 Å². The average Bonchev–Trinajstić information content (AvgIpc) is 3.31. The summed E-state index contributed by atoms with van der Waals surface area (Å²) < 4.78 is 3.73. The van der Waals surface area contributed by atoms with Gasteiger partial charge in [0.05, 0.1) is 22.7 Å². The molecule has 0 saturated heterocycles. The third-order valence-corrected chi connectivity index (χ3v) is 5.40. The Morgan fingerprint density at radius 2 is 1.93 bits per heavy atom. The first-order valence-electron chi connectivity index (χ1n) is 8.79. The van der Waals surface area contributed by atoms with Gasteiger partial charge in [-0.3, -0.25) is 18.7 Å². The van der Waals surface area contributed by atoms with E-state index in [9.17, 15) is 14.4 Å². The average molecular weight is 410 g/mol. The van der Waals surface area contributed by atoms with Crippen molar-refractivity contribution in [3.8, 4) is 11.3 Å². The second-order valence-corrected chi connectivity index (χ2v) is 7.66. The Kier molecular flexibility index (Phi) is 4.63. The molecule has 1 N–H and O–H groups in total. The Morgan fingerprint density at radius 1 is 1.17 bits per heavy atom. The van der Waals surface area contributed by atoms with Crippen molar-refractivity contribution in [2.24, 2.45) is 14.1 Å². The summed E-state index contributed by atoms with van der Waals surface area (Å²) in [6.45, 7) is 1.81. The smallest absolute Gasteiger partial charge is 0.324 e. The number of carbonyl (C=O) groups is 1. The molecule has 148 valence electrons. The third kappa shape index (κ3) is 3.27. The van der Waals surface area contributed by atoms with Gasteiger partial charge in [0.1, 0.15) is 6.54 Å². The van der Waals surface area contributed by atoms with Crippen LogP contribution in [0.4, 0.5) is 5.69 Å². The maximum atomic E-state index is 12.7. The molecule has 0 aliphatic rings. The lowest BCUT2D eigenvalue weighted by Gasteiger charge is -2.11. The largest absolute Gasteiger partial charge is 0.332 e. The number of nitrogens with one attached hydrogen (secondary N) is 1. The number of anilines is 1. The number of amides is 1. The summed E-state index contributed by atoms with van der Waals surface area (Å²) in [7, 11) is 2.93. The Balaban J connectivity index is 1.66. The summed E-state index contributed by atoms with van der Waals surface area (Å²) in [5.74, 6) is -0.320. The van der Waals surface area contributed by atoms with Gasteiger partial charge < -0.3 is 9.88 Å². The maximum absolute atomic E-state index is 12.7. The highest BCUT2D eigenvalue weighted by Crippen LogP contribution is 2.28. The van der Waals surface area contributed by atoms with Crippen LogP contribution in [0.15, 0.2) is 45.6 Å². The summed E-state index contributed by atoms with van der Waals surface area (Å²) in [6, 6.07) is 7.41. The standard InChI is InChI=1S/C19H18N6O3S/c1-11-21-14(9-29-11)12-6-4-5-7-13(12)22-15(26)8-25-10-20-17-16(25)18(27)24(3)19(28)23(17)2/h4-7,9-10H,8H2,1-3H3,(H,22,26). The first-order chi connectivity index (χ1) is 13.9. The fourth-order valence-corrected chi connectivity index (χ4v) is 3.78. The number of rotatable bonds is 4. The molecule has 9 nitrogen and oxygen atoms in total. The lowest BCUT2D eigenvalue weighted by atomic mass is 10.1. The van der Waals surface area contributed by atoms with Crippen molar-refractivity contribution >= 4 is 34.1 Å². The Bertz CT molecular complexity index is 1360. The van der Waals surface area contributed by atoms with Crippen LogP contribution in [0.5, 0.6) is 0 Å². The highest BCUT2D eigenvalue weighted by atomic mass is 32.1. The van der Waals surface area contributed by atoms with Crippen LogP contribution in [0.25, 0.3) is 22.4 Å². The quantitative estimate of drug-likeness (QED) is 0.549. The number of nitrogens with zero attached hydrogens (tertiary/aromatic N) is 5. The van der Waals surface area contributed by atoms with Crippen LogP contribution >= 0.6 is 11.3 Å². The number of aryl methyl sites for hydroxylation is 2. The van der Waals surface area contributed by atoms with Crippen molar-refractivity contribution in [2.45, 2.75) is 13.5 Å². The predicted molar refractivity (Wildman–Crippen MR) is 111 cm³/mol. The van der Waals surface area contributed by atoms with Gasteiger partial charge in [0.15, 0.2) is 11.2 Å². The van der Waals surface area contributed by atoms with E-state index in [0.29, 0.717) is 5.69 Å². The van der Waals surface area contributed by atoms with Gasteiger partial charge >= 0.3 is 5.69 Å². The first-order valence-corrected chi connectivity index (χ1v) is 9.67. The van der Waals surface area contributed by atoms with E-state index < -0.39 is 11.2 Å². The molecule has 10 heteroatoms. The molecule has 4 rings (SSSR count). The van der Waals surface area contributed by atoms with E-state index in [1.165, 1.54) is 40.9 Å². The van der Waals surface area contributed by atoms with Crippen molar-refractivity contribution in [3.63, 3.8) is 0 Å². The molecule has 3 heterocycles. The summed E-state index contributed by atoms with van der Waals surface area (Å²) >= 11 is 1.54. The second-order valence-electron chi connectivity index (χ2n) is 6.60. The normalized spacial score (nSPS) is 11.1. The number of benzene rings is 1. The van der Waals surface area contributed by atoms with Crippen molar-refractivity contribution in [3.05, 3.63) is 61.8 Å². The van der Waals surface area contributed by atoms with Gasteiger partial charge in [0, 0.05) is 25.0 Å². The van der Waals surface area contributed by atoms with E-state index in [0.717, 1.165) is 20.8 Å². The summed E-state index contributed by atoms with van der Waals surface area (Å²) in [4.78, 5) is 45.9. The van der Waals surface area contributed by atoms with Crippen LogP contribution in [0.3, 0.4) is 0 Å². The van der Waals surface area contributed by atoms with E-state index in [2.05, 4.69) is 15.3 Å². The summed E-state index contributed by atoms with van der Waals surface area (Å²) in [5, 5.41) is 5.76. The van der Waals surface area contributed by atoms with Crippen LogP contribution in [0.2, 0.25) is 0 Å². The van der Waals surface area contributed by atoms with E-state index in [1.54, 1.807) is 6.07 Å². The molecular weight excluding hydrogens is 392 g/mol. The fourth-order valence-electron chi connectivity index (χ4n) is 3.16. The molecule has 0 spiro atoms. The number of hydrogen-bond donors (Lipinski definition) is 1. The molecule has 4 aromatic rings. The molecule has 0 aliphatic carbocycles. The number of imidazole rings is 1. The molecule has 0 unspecified atom stereocenters. The van der Waals surface area contributed by atoms with E-state index >= 15 is 0 Å². The van der Waals surface area contributed by atoms with E-state index in [1.807, 2.05) is 30.5 Å². The molecule has 3 aromatic heterocycles. The first kappa shape index (κ1) is 18.8. The van der Waals surface area contributed by atoms with Gasteiger partial charge in [-0.15, -0.1) is 11.3 Å². The highest BCUT2D eigenvalue weighted by molar-refractivity contribution is 7.09. The zero-order valence-corrected chi connectivity index (χ0v) is 16.9. The Morgan fingerprint density at radius 3 is 2.66 bits per heavy atom. The Labute approximate surface area is 168 Å². The zero-order valence-electron chi connectivity index (χ0n) is 16.0. The fraction of sp³-hybridized carbons (Fsp3) is 0.211. The third-order valence-electron chi connectivity index (χ3n) is 4.63. The molecule has 1 amide bonds. The number of para-hydroxylation sites is 1. The Hall–Kier alpha value is -3.53. The van der Waals surface area contributed by atoms with Crippen molar-refractivity contribution in [1.29, 1.82) is 0 Å². The van der Waals surface area contributed by atoms with Crippen LogP contribution in [0, 0.1) is 6.92 Å². The molecular formula is C19H18N6O3S. The van der Waals surface area contributed by atoms with Gasteiger partial charge in [-0.25, -0.2) is 14.8 Å². The number of aromatic nitrogens is 5. The van der Waals surface area contributed by atoms with Crippen LogP contribution < -0.4 is 16.6 Å². The van der Waals surface area contributed by atoms with Crippen LogP contribution in [-0.2, 0) is 25.4 Å². The molecule has 1 aromatic carbocycles. The lowest BCUT2D eigenvalue weighted by molar-refractivity contribution is -0.116. The van der Waals surface area contributed by atoms with Crippen LogP contribution in [0.1, 0.15) is 5.01 Å². The maximum Gasteiger partial charge on any atom is 0.332 e. The predicted octanol–water partition coefficient (Wildman–Crippen LogP) is 1.50. The number of thiazole rings is 1. The molecule has 29 heavy (non-hydrogen) atoms. The van der Waals surface area contributed by atoms with Crippen LogP contribution in [-0.4, -0.2) is 29.6 Å². The van der Waals surface area contributed by atoms with Gasteiger partial charge in [-0.05, 0) is 13.0 Å². The SMILES string of the molecule is Cc1nc(-c2ccccc2NC(=O)Cn2cnc3c2c(=O)n(C)c(=O)n3C)cs1. The number of carbonyl (C=O) groups excluding carboxylic acids is 1. The highest BCUT2D eigenvalue weighted by Gasteiger charge is 2.17. The molecule has 0 saturated carbocycles. The minimum atomic E-state index is -0.494. The van der Waals surface area contributed by atoms with Crippen molar-refractivity contribution in [2.75, 3.05) is 5.32 Å². The zero-order chi connectivity index (χ0) is 20.7. The van der Waals surface area contributed by atoms with Crippen molar-refractivity contribution < 1.29 is 4.79 Å². The summed E-state index contributed by atoms with van der Waals surface area (Å²) in [6.07, 6.45) is 1.39. The lowest BCUT2D eigenvalue weighted by Crippen LogP contribution is -2.37. The minimum Gasteiger partial charge on any atom is -0.324 e. The summed E-state index contributed by atoms with van der Waals surface area (Å²) in [5.41, 5.74) is 1.72. The monoisotopic (exact) mass is 410 g/mol. The molecule has 0 atom stereocenters. The van der Waals surface area contributed by atoms with Gasteiger partial charge in [0.2, 0.25) is 5.91 Å². The minimum absolute atomic E-state index is 0.117. The van der Waals surface area contributed by atoms with Gasteiger partial charge in [-0.2, -0.15) is 0 Å². The van der Waals surface area contributed by atoms with Crippen molar-refractivity contribution in [1.82, 2.24) is 23.7 Å². The number of fused-ring (bicyclic) bond motifs is 1. The second kappa shape index (κ2) is 7.13. The molecule has 0 fully saturated rings. The number of hydrogen-bond acceptors (Lipinski definition) is 6. The van der Waals surface area contributed by atoms with Gasteiger partial charge in [-0.1, -0.05) is 18.2 Å². The van der Waals surface area contributed by atoms with E-state index in [-0.39, 0.29) is 23.6 Å². The molecule has 0 aliphatic heterocycles. The van der Waals surface area contributed by atoms with E-state index in [4.69, 9.17) is 0 Å². The topological polar surface area (TPSA) is 104 Å². The molecule has 0 radical (unpaired) electrons.